The molecular formula is C13H19BrN2O3S2. The van der Waals surface area contributed by atoms with Gasteiger partial charge < -0.3 is 4.90 Å². The standard InChI is InChI=1S/C13H19BrN2O3S2/c1-3-11(17)15-5-4-6-16(8-7-15)21(18,19)12-9-10(2)13(14)20-12/h9H,3-8H2,1-2H3. The second-order valence-electron chi connectivity index (χ2n) is 5.01. The maximum absolute atomic E-state index is 12.7. The van der Waals surface area contributed by atoms with E-state index in [2.05, 4.69) is 15.9 Å². The van der Waals surface area contributed by atoms with Gasteiger partial charge in [-0.25, -0.2) is 8.42 Å². The average molecular weight is 395 g/mol. The van der Waals surface area contributed by atoms with E-state index in [1.807, 2.05) is 13.8 Å². The van der Waals surface area contributed by atoms with Crippen molar-refractivity contribution in [2.45, 2.75) is 30.9 Å². The van der Waals surface area contributed by atoms with Gasteiger partial charge in [0.25, 0.3) is 10.0 Å². The molecule has 0 unspecified atom stereocenters. The Balaban J connectivity index is 2.16. The highest BCUT2D eigenvalue weighted by molar-refractivity contribution is 9.11. The third-order valence-electron chi connectivity index (χ3n) is 3.54. The second-order valence-corrected chi connectivity index (χ2v) is 9.55. The van der Waals surface area contributed by atoms with E-state index < -0.39 is 10.0 Å². The van der Waals surface area contributed by atoms with Crippen LogP contribution in [-0.2, 0) is 14.8 Å². The minimum atomic E-state index is -3.46. The molecule has 0 saturated carbocycles. The smallest absolute Gasteiger partial charge is 0.252 e. The summed E-state index contributed by atoms with van der Waals surface area (Å²) in [5.74, 6) is 0.0870. The second kappa shape index (κ2) is 6.76. The number of hydrogen-bond donors (Lipinski definition) is 0. The molecule has 8 heteroatoms. The van der Waals surface area contributed by atoms with E-state index in [0.717, 1.165) is 9.35 Å². The lowest BCUT2D eigenvalue weighted by Gasteiger charge is -2.21. The number of nitrogens with zero attached hydrogens (tertiary/aromatic N) is 2. The zero-order valence-corrected chi connectivity index (χ0v) is 15.4. The molecule has 2 rings (SSSR count). The minimum absolute atomic E-state index is 0.0870. The summed E-state index contributed by atoms with van der Waals surface area (Å²) >= 11 is 4.61. The van der Waals surface area contributed by atoms with E-state index in [9.17, 15) is 13.2 Å². The van der Waals surface area contributed by atoms with Gasteiger partial charge in [0, 0.05) is 32.6 Å². The van der Waals surface area contributed by atoms with Crippen LogP contribution in [0.25, 0.3) is 0 Å². The number of rotatable bonds is 3. The summed E-state index contributed by atoms with van der Waals surface area (Å²) in [6, 6.07) is 1.70. The minimum Gasteiger partial charge on any atom is -0.341 e. The maximum atomic E-state index is 12.7. The molecule has 0 N–H and O–H groups in total. The Kier molecular flexibility index (Phi) is 5.45. The Morgan fingerprint density at radius 3 is 2.62 bits per heavy atom. The van der Waals surface area contributed by atoms with E-state index in [0.29, 0.717) is 43.2 Å². The van der Waals surface area contributed by atoms with Gasteiger partial charge in [-0.3, -0.25) is 4.79 Å². The van der Waals surface area contributed by atoms with Crippen LogP contribution in [0.4, 0.5) is 0 Å². The third kappa shape index (κ3) is 3.67. The SMILES string of the molecule is CCC(=O)N1CCCN(S(=O)(=O)c2cc(C)c(Br)s2)CC1. The van der Waals surface area contributed by atoms with Crippen LogP contribution < -0.4 is 0 Å². The van der Waals surface area contributed by atoms with Crippen molar-refractivity contribution >= 4 is 43.2 Å². The van der Waals surface area contributed by atoms with Crippen molar-refractivity contribution in [3.63, 3.8) is 0 Å². The van der Waals surface area contributed by atoms with Gasteiger partial charge in [0.2, 0.25) is 5.91 Å². The number of aryl methyl sites for hydroxylation is 1. The molecule has 1 aromatic heterocycles. The van der Waals surface area contributed by atoms with Crippen molar-refractivity contribution in [1.29, 1.82) is 0 Å². The highest BCUT2D eigenvalue weighted by atomic mass is 79.9. The van der Waals surface area contributed by atoms with Crippen LogP contribution in [0.2, 0.25) is 0 Å². The summed E-state index contributed by atoms with van der Waals surface area (Å²) < 4.78 is 28.0. The van der Waals surface area contributed by atoms with Crippen LogP contribution in [-0.4, -0.2) is 49.7 Å². The van der Waals surface area contributed by atoms with Gasteiger partial charge in [0.15, 0.2) is 0 Å². The first-order chi connectivity index (χ1) is 9.86. The molecule has 1 aliphatic rings. The molecule has 1 aliphatic heterocycles. The Morgan fingerprint density at radius 1 is 1.33 bits per heavy atom. The van der Waals surface area contributed by atoms with Crippen molar-refractivity contribution in [1.82, 2.24) is 9.21 Å². The predicted octanol–water partition coefficient (Wildman–Crippen LogP) is 2.45. The van der Waals surface area contributed by atoms with E-state index in [4.69, 9.17) is 0 Å². The number of thiophene rings is 1. The summed E-state index contributed by atoms with van der Waals surface area (Å²) in [4.78, 5) is 13.5. The molecule has 0 atom stereocenters. The summed E-state index contributed by atoms with van der Waals surface area (Å²) in [6.45, 7) is 5.63. The molecule has 1 amide bonds. The third-order valence-corrected chi connectivity index (χ3v) is 8.02. The first-order valence-electron chi connectivity index (χ1n) is 6.90. The van der Waals surface area contributed by atoms with Gasteiger partial charge >= 0.3 is 0 Å². The van der Waals surface area contributed by atoms with E-state index in [-0.39, 0.29) is 5.91 Å². The first kappa shape index (κ1) is 16.9. The summed E-state index contributed by atoms with van der Waals surface area (Å²) in [5.41, 5.74) is 0.927. The molecule has 5 nitrogen and oxygen atoms in total. The van der Waals surface area contributed by atoms with Crippen LogP contribution in [0.1, 0.15) is 25.3 Å². The molecule has 0 aliphatic carbocycles. The zero-order valence-electron chi connectivity index (χ0n) is 12.1. The monoisotopic (exact) mass is 394 g/mol. The van der Waals surface area contributed by atoms with Gasteiger partial charge in [0.05, 0.1) is 3.79 Å². The Morgan fingerprint density at radius 2 is 2.05 bits per heavy atom. The lowest BCUT2D eigenvalue weighted by Crippen LogP contribution is -2.36. The molecule has 0 radical (unpaired) electrons. The number of carbonyl (C=O) groups excluding carboxylic acids is 1. The maximum Gasteiger partial charge on any atom is 0.252 e. The number of halogens is 1. The van der Waals surface area contributed by atoms with Crippen molar-refractivity contribution in [2.24, 2.45) is 0 Å². The largest absolute Gasteiger partial charge is 0.341 e. The van der Waals surface area contributed by atoms with Crippen LogP contribution in [0.15, 0.2) is 14.1 Å². The molecule has 0 spiro atoms. The van der Waals surface area contributed by atoms with Crippen LogP contribution in [0.3, 0.4) is 0 Å². The zero-order chi connectivity index (χ0) is 15.6. The number of hydrogen-bond acceptors (Lipinski definition) is 4. The Bertz CT molecular complexity index is 608. The topological polar surface area (TPSA) is 57.7 Å². The molecule has 0 aromatic carbocycles. The van der Waals surface area contributed by atoms with Crippen molar-refractivity contribution in [3.05, 3.63) is 15.4 Å². The summed E-state index contributed by atoms with van der Waals surface area (Å²) in [5, 5.41) is 0. The summed E-state index contributed by atoms with van der Waals surface area (Å²) in [7, 11) is -3.46. The molecule has 118 valence electrons. The van der Waals surface area contributed by atoms with Crippen molar-refractivity contribution in [3.8, 4) is 0 Å². The molecule has 0 bridgehead atoms. The van der Waals surface area contributed by atoms with E-state index in [1.165, 1.54) is 15.6 Å². The molecule has 21 heavy (non-hydrogen) atoms. The first-order valence-corrected chi connectivity index (χ1v) is 9.95. The summed E-state index contributed by atoms with van der Waals surface area (Å²) in [6.07, 6.45) is 1.14. The molecule has 1 aromatic rings. The fourth-order valence-electron chi connectivity index (χ4n) is 2.29. The lowest BCUT2D eigenvalue weighted by molar-refractivity contribution is -0.130. The highest BCUT2D eigenvalue weighted by Crippen LogP contribution is 2.32. The molecule has 1 saturated heterocycles. The Hall–Kier alpha value is -0.440. The predicted molar refractivity (Wildman–Crippen MR) is 87.0 cm³/mol. The van der Waals surface area contributed by atoms with Gasteiger partial charge in [0.1, 0.15) is 4.21 Å². The Labute approximate surface area is 138 Å². The van der Waals surface area contributed by atoms with Gasteiger partial charge in [-0.05, 0) is 40.9 Å². The number of sulfonamides is 1. The highest BCUT2D eigenvalue weighted by Gasteiger charge is 2.29. The van der Waals surface area contributed by atoms with Gasteiger partial charge in [-0.15, -0.1) is 11.3 Å². The lowest BCUT2D eigenvalue weighted by atomic mass is 10.3. The van der Waals surface area contributed by atoms with Gasteiger partial charge in [-0.2, -0.15) is 4.31 Å². The van der Waals surface area contributed by atoms with Crippen molar-refractivity contribution in [2.75, 3.05) is 26.2 Å². The molecular weight excluding hydrogens is 376 g/mol. The average Bonchev–Trinajstić information content (AvgIpc) is 2.69. The fraction of sp³-hybridized carbons (Fsp3) is 0.615. The van der Waals surface area contributed by atoms with Crippen LogP contribution in [0.5, 0.6) is 0 Å². The van der Waals surface area contributed by atoms with E-state index in [1.54, 1.807) is 11.0 Å². The quantitative estimate of drug-likeness (QED) is 0.790. The number of amides is 1. The van der Waals surface area contributed by atoms with Crippen LogP contribution >= 0.6 is 27.3 Å². The van der Waals surface area contributed by atoms with Crippen molar-refractivity contribution < 1.29 is 13.2 Å². The van der Waals surface area contributed by atoms with E-state index >= 15 is 0 Å². The fourth-order valence-corrected chi connectivity index (χ4v) is 6.14. The van der Waals surface area contributed by atoms with Crippen LogP contribution in [0, 0.1) is 6.92 Å². The normalized spacial score (nSPS) is 17.8. The molecule has 2 heterocycles. The van der Waals surface area contributed by atoms with Gasteiger partial charge in [-0.1, -0.05) is 6.92 Å². The number of carbonyl (C=O) groups is 1. The molecule has 1 fully saturated rings.